The minimum atomic E-state index is -0.579. The van der Waals surface area contributed by atoms with E-state index in [0.29, 0.717) is 6.54 Å². The van der Waals surface area contributed by atoms with Gasteiger partial charge in [0.1, 0.15) is 0 Å². The van der Waals surface area contributed by atoms with Gasteiger partial charge >= 0.3 is 0 Å². The fourth-order valence-electron chi connectivity index (χ4n) is 1.68. The van der Waals surface area contributed by atoms with Crippen molar-refractivity contribution in [2.24, 2.45) is 0 Å². The van der Waals surface area contributed by atoms with Gasteiger partial charge in [0.2, 0.25) is 5.91 Å². The lowest BCUT2D eigenvalue weighted by molar-refractivity contribution is -0.384. The van der Waals surface area contributed by atoms with Crippen LogP contribution in [-0.2, 0) is 11.3 Å². The molecular weight excluding hydrogens is 306 g/mol. The Kier molecular flexibility index (Phi) is 5.21. The highest BCUT2D eigenvalue weighted by atomic mass is 32.1. The smallest absolute Gasteiger partial charge is 0.270 e. The molecule has 0 aliphatic carbocycles. The number of nitro benzene ring substituents is 1. The Morgan fingerprint density at radius 1 is 1.18 bits per heavy atom. The molecule has 0 atom stereocenters. The first-order valence-corrected chi connectivity index (χ1v) is 7.26. The van der Waals surface area contributed by atoms with Crippen molar-refractivity contribution in [3.05, 3.63) is 62.3 Å². The molecular formula is C14H13N3O4S. The largest absolute Gasteiger partial charge is 0.350 e. The van der Waals surface area contributed by atoms with Crippen molar-refractivity contribution in [3.63, 3.8) is 0 Å². The number of rotatable bonds is 6. The maximum Gasteiger partial charge on any atom is 0.270 e. The van der Waals surface area contributed by atoms with Crippen molar-refractivity contribution in [2.45, 2.75) is 6.54 Å². The van der Waals surface area contributed by atoms with Gasteiger partial charge in [-0.15, -0.1) is 11.3 Å². The van der Waals surface area contributed by atoms with Crippen molar-refractivity contribution in [1.82, 2.24) is 10.6 Å². The van der Waals surface area contributed by atoms with E-state index in [-0.39, 0.29) is 23.7 Å². The predicted molar refractivity (Wildman–Crippen MR) is 81.6 cm³/mol. The Bertz CT molecular complexity index is 685. The molecule has 0 fully saturated rings. The van der Waals surface area contributed by atoms with E-state index < -0.39 is 10.8 Å². The van der Waals surface area contributed by atoms with Crippen LogP contribution < -0.4 is 10.6 Å². The van der Waals surface area contributed by atoms with Gasteiger partial charge in [-0.3, -0.25) is 19.7 Å². The molecule has 2 amide bonds. The summed E-state index contributed by atoms with van der Waals surface area (Å²) in [6.45, 7) is 0.218. The highest BCUT2D eigenvalue weighted by Crippen LogP contribution is 2.12. The number of nitrogens with zero attached hydrogens (tertiary/aromatic N) is 1. The highest BCUT2D eigenvalue weighted by molar-refractivity contribution is 7.09. The molecule has 0 unspecified atom stereocenters. The maximum atomic E-state index is 11.8. The summed E-state index contributed by atoms with van der Waals surface area (Å²) in [5.74, 6) is -0.859. The molecule has 1 aromatic carbocycles. The summed E-state index contributed by atoms with van der Waals surface area (Å²) in [6, 6.07) is 9.11. The fraction of sp³-hybridized carbons (Fsp3) is 0.143. The van der Waals surface area contributed by atoms with Crippen molar-refractivity contribution in [3.8, 4) is 0 Å². The zero-order valence-electron chi connectivity index (χ0n) is 11.4. The van der Waals surface area contributed by atoms with Crippen LogP contribution in [0.1, 0.15) is 15.2 Å². The summed E-state index contributed by atoms with van der Waals surface area (Å²) in [4.78, 5) is 34.5. The van der Waals surface area contributed by atoms with Gasteiger partial charge in [0.05, 0.1) is 18.0 Å². The van der Waals surface area contributed by atoms with Crippen LogP contribution in [0.4, 0.5) is 5.69 Å². The second-order valence-electron chi connectivity index (χ2n) is 4.35. The molecule has 114 valence electrons. The number of carbonyl (C=O) groups excluding carboxylic acids is 2. The fourth-order valence-corrected chi connectivity index (χ4v) is 2.33. The number of thiophene rings is 1. The van der Waals surface area contributed by atoms with Gasteiger partial charge in [-0.25, -0.2) is 0 Å². The first-order chi connectivity index (χ1) is 10.6. The molecule has 22 heavy (non-hydrogen) atoms. The van der Waals surface area contributed by atoms with E-state index in [1.165, 1.54) is 35.6 Å². The summed E-state index contributed by atoms with van der Waals surface area (Å²) in [5, 5.41) is 17.7. The minimum absolute atomic E-state index is 0.139. The van der Waals surface area contributed by atoms with Crippen LogP contribution in [0.2, 0.25) is 0 Å². The van der Waals surface area contributed by atoms with E-state index in [2.05, 4.69) is 10.6 Å². The first-order valence-electron chi connectivity index (χ1n) is 6.38. The standard InChI is InChI=1S/C14H13N3O4S/c18-13(15-8-12-5-2-6-22-12)9-16-14(19)10-3-1-4-11(7-10)17(20)21/h1-7H,8-9H2,(H,15,18)(H,16,19). The molecule has 0 spiro atoms. The van der Waals surface area contributed by atoms with Gasteiger partial charge < -0.3 is 10.6 Å². The molecule has 0 aliphatic heterocycles. The Morgan fingerprint density at radius 2 is 2.00 bits per heavy atom. The third kappa shape index (κ3) is 4.38. The van der Waals surface area contributed by atoms with E-state index in [0.717, 1.165) is 4.88 Å². The second-order valence-corrected chi connectivity index (χ2v) is 5.38. The number of amides is 2. The van der Waals surface area contributed by atoms with E-state index in [9.17, 15) is 19.7 Å². The Hall–Kier alpha value is -2.74. The average molecular weight is 319 g/mol. The molecule has 1 heterocycles. The van der Waals surface area contributed by atoms with E-state index >= 15 is 0 Å². The summed E-state index contributed by atoms with van der Waals surface area (Å²) in [5.41, 5.74) is -0.0324. The van der Waals surface area contributed by atoms with E-state index in [1.807, 2.05) is 17.5 Å². The molecule has 0 saturated carbocycles. The van der Waals surface area contributed by atoms with Crippen LogP contribution in [0.15, 0.2) is 41.8 Å². The third-order valence-corrected chi connectivity index (χ3v) is 3.64. The van der Waals surface area contributed by atoms with Gasteiger partial charge in [0.25, 0.3) is 11.6 Å². The monoisotopic (exact) mass is 319 g/mol. The lowest BCUT2D eigenvalue weighted by Crippen LogP contribution is -2.36. The number of nitro groups is 1. The zero-order chi connectivity index (χ0) is 15.9. The number of benzene rings is 1. The van der Waals surface area contributed by atoms with Crippen LogP contribution in [0.3, 0.4) is 0 Å². The maximum absolute atomic E-state index is 11.8. The molecule has 2 aromatic rings. The number of non-ortho nitro benzene ring substituents is 1. The van der Waals surface area contributed by atoms with Crippen molar-refractivity contribution in [1.29, 1.82) is 0 Å². The summed E-state index contributed by atoms with van der Waals surface area (Å²) in [7, 11) is 0. The van der Waals surface area contributed by atoms with E-state index in [4.69, 9.17) is 0 Å². The number of hydrogen-bond donors (Lipinski definition) is 2. The van der Waals surface area contributed by atoms with Crippen LogP contribution in [-0.4, -0.2) is 23.3 Å². The van der Waals surface area contributed by atoms with Gasteiger partial charge in [-0.2, -0.15) is 0 Å². The SMILES string of the molecule is O=C(CNC(=O)c1cccc([N+](=O)[O-])c1)NCc1cccs1. The second kappa shape index (κ2) is 7.32. The number of carbonyl (C=O) groups is 2. The third-order valence-electron chi connectivity index (χ3n) is 2.77. The average Bonchev–Trinajstić information content (AvgIpc) is 3.04. The molecule has 7 nitrogen and oxygen atoms in total. The van der Waals surface area contributed by atoms with E-state index in [1.54, 1.807) is 0 Å². The van der Waals surface area contributed by atoms with Crippen LogP contribution in [0.5, 0.6) is 0 Å². The van der Waals surface area contributed by atoms with Crippen LogP contribution in [0.25, 0.3) is 0 Å². The predicted octanol–water partition coefficient (Wildman–Crippen LogP) is 1.70. The summed E-state index contributed by atoms with van der Waals surface area (Å²) in [6.07, 6.45) is 0. The highest BCUT2D eigenvalue weighted by Gasteiger charge is 2.12. The molecule has 0 bridgehead atoms. The topological polar surface area (TPSA) is 101 Å². The Labute approximate surface area is 130 Å². The lowest BCUT2D eigenvalue weighted by atomic mass is 10.2. The summed E-state index contributed by atoms with van der Waals surface area (Å²) >= 11 is 1.52. The molecule has 8 heteroatoms. The van der Waals surface area contributed by atoms with Gasteiger partial charge in [-0.05, 0) is 17.5 Å². The number of nitrogens with one attached hydrogen (secondary N) is 2. The van der Waals surface area contributed by atoms with Gasteiger partial charge in [0, 0.05) is 22.6 Å². The zero-order valence-corrected chi connectivity index (χ0v) is 12.3. The first kappa shape index (κ1) is 15.6. The molecule has 1 aromatic heterocycles. The Morgan fingerprint density at radius 3 is 2.68 bits per heavy atom. The molecule has 0 saturated heterocycles. The van der Waals surface area contributed by atoms with Gasteiger partial charge in [0.15, 0.2) is 0 Å². The van der Waals surface area contributed by atoms with Crippen molar-refractivity contribution in [2.75, 3.05) is 6.54 Å². The molecule has 2 N–H and O–H groups in total. The lowest BCUT2D eigenvalue weighted by Gasteiger charge is -2.06. The summed E-state index contributed by atoms with van der Waals surface area (Å²) < 4.78 is 0. The minimum Gasteiger partial charge on any atom is -0.350 e. The quantitative estimate of drug-likeness (QED) is 0.625. The van der Waals surface area contributed by atoms with Crippen LogP contribution >= 0.6 is 11.3 Å². The van der Waals surface area contributed by atoms with Crippen molar-refractivity contribution >= 4 is 28.8 Å². The van der Waals surface area contributed by atoms with Gasteiger partial charge in [-0.1, -0.05) is 12.1 Å². The number of hydrogen-bond acceptors (Lipinski definition) is 5. The molecule has 0 radical (unpaired) electrons. The Balaban J connectivity index is 1.83. The molecule has 2 rings (SSSR count). The normalized spacial score (nSPS) is 10.0. The van der Waals surface area contributed by atoms with Crippen LogP contribution in [0, 0.1) is 10.1 Å². The molecule has 0 aliphatic rings. The van der Waals surface area contributed by atoms with Crippen molar-refractivity contribution < 1.29 is 14.5 Å².